The van der Waals surface area contributed by atoms with E-state index in [2.05, 4.69) is 5.32 Å². The van der Waals surface area contributed by atoms with Crippen LogP contribution in [0, 0.1) is 0 Å². The van der Waals surface area contributed by atoms with Crippen LogP contribution in [-0.2, 0) is 9.53 Å². The van der Waals surface area contributed by atoms with Gasteiger partial charge in [-0.05, 0) is 39.3 Å². The number of carbonyl (C=O) groups excluding carboxylic acids is 1. The topological polar surface area (TPSA) is 64.3 Å². The van der Waals surface area contributed by atoms with Crippen LogP contribution >= 0.6 is 12.2 Å². The minimum Gasteiger partial charge on any atom is -0.389 e. The smallest absolute Gasteiger partial charge is 0.224 e. The second-order valence-corrected chi connectivity index (χ2v) is 5.96. The number of rotatable bonds is 6. The molecule has 1 amide bonds. The van der Waals surface area contributed by atoms with Gasteiger partial charge in [-0.2, -0.15) is 0 Å². The Balaban J connectivity index is 2.45. The van der Waals surface area contributed by atoms with Crippen LogP contribution in [0.1, 0.15) is 39.2 Å². The van der Waals surface area contributed by atoms with E-state index in [0.717, 1.165) is 0 Å². The third kappa shape index (κ3) is 6.12. The van der Waals surface area contributed by atoms with Gasteiger partial charge in [0, 0.05) is 18.6 Å². The van der Waals surface area contributed by atoms with Crippen LogP contribution in [0.3, 0.4) is 0 Å². The molecule has 0 unspecified atom stereocenters. The second-order valence-electron chi connectivity index (χ2n) is 5.52. The highest BCUT2D eigenvalue weighted by atomic mass is 32.1. The number of thiocarbonyl (C=S) groups is 1. The lowest BCUT2D eigenvalue weighted by Gasteiger charge is -2.19. The van der Waals surface area contributed by atoms with E-state index >= 15 is 0 Å². The van der Waals surface area contributed by atoms with Crippen LogP contribution in [0.25, 0.3) is 0 Å². The molecule has 1 aromatic rings. The average molecular weight is 294 g/mol. The summed E-state index contributed by atoms with van der Waals surface area (Å²) in [5.41, 5.74) is 6.78. The Morgan fingerprint density at radius 2 is 2.00 bits per heavy atom. The Hall–Kier alpha value is -1.46. The number of hydrogen-bond acceptors (Lipinski definition) is 3. The standard InChI is InChI=1S/C15H22N2O2S/c1-15(2,3)19-10-6-9-13(18)17-12-8-5-4-7-11(12)14(16)20/h4-5,7-8H,6,9-10H2,1-3H3,(H2,16,20)(H,17,18). The molecule has 0 fully saturated rings. The maximum atomic E-state index is 11.9. The van der Waals surface area contributed by atoms with Gasteiger partial charge in [-0.15, -0.1) is 0 Å². The highest BCUT2D eigenvalue weighted by Gasteiger charge is 2.11. The van der Waals surface area contributed by atoms with Gasteiger partial charge in [0.2, 0.25) is 5.91 Å². The first kappa shape index (κ1) is 16.6. The molecule has 5 heteroatoms. The van der Waals surface area contributed by atoms with Crippen molar-refractivity contribution in [2.45, 2.75) is 39.2 Å². The summed E-state index contributed by atoms with van der Waals surface area (Å²) in [5.74, 6) is -0.0637. The van der Waals surface area contributed by atoms with Crippen molar-refractivity contribution in [3.8, 4) is 0 Å². The molecular formula is C15H22N2O2S. The van der Waals surface area contributed by atoms with E-state index in [1.54, 1.807) is 12.1 Å². The van der Waals surface area contributed by atoms with Crippen molar-refractivity contribution >= 4 is 28.8 Å². The van der Waals surface area contributed by atoms with E-state index in [-0.39, 0.29) is 16.5 Å². The predicted molar refractivity (Wildman–Crippen MR) is 85.9 cm³/mol. The number of nitrogens with one attached hydrogen (secondary N) is 1. The summed E-state index contributed by atoms with van der Waals surface area (Å²) in [7, 11) is 0. The molecule has 0 aliphatic carbocycles. The van der Waals surface area contributed by atoms with Crippen LogP contribution in [0.5, 0.6) is 0 Å². The molecular weight excluding hydrogens is 272 g/mol. The van der Waals surface area contributed by atoms with Crippen LogP contribution in [0.2, 0.25) is 0 Å². The summed E-state index contributed by atoms with van der Waals surface area (Å²) in [6.45, 7) is 6.54. The van der Waals surface area contributed by atoms with Crippen LogP contribution in [-0.4, -0.2) is 23.1 Å². The molecule has 0 saturated heterocycles. The van der Waals surface area contributed by atoms with Crippen molar-refractivity contribution < 1.29 is 9.53 Å². The predicted octanol–water partition coefficient (Wildman–Crippen LogP) is 2.85. The molecule has 0 saturated carbocycles. The third-order valence-corrected chi connectivity index (χ3v) is 2.77. The largest absolute Gasteiger partial charge is 0.389 e. The summed E-state index contributed by atoms with van der Waals surface area (Å²) in [6.07, 6.45) is 1.08. The molecule has 0 radical (unpaired) electrons. The maximum Gasteiger partial charge on any atom is 0.224 e. The third-order valence-electron chi connectivity index (χ3n) is 2.55. The number of carbonyl (C=O) groups is 1. The van der Waals surface area contributed by atoms with E-state index in [1.165, 1.54) is 0 Å². The quantitative estimate of drug-likeness (QED) is 0.625. The highest BCUT2D eigenvalue weighted by Crippen LogP contribution is 2.15. The van der Waals surface area contributed by atoms with Crippen LogP contribution < -0.4 is 11.1 Å². The summed E-state index contributed by atoms with van der Waals surface area (Å²) >= 11 is 4.96. The number of benzene rings is 1. The molecule has 0 heterocycles. The van der Waals surface area contributed by atoms with Gasteiger partial charge in [-0.25, -0.2) is 0 Å². The minimum atomic E-state index is -0.172. The van der Waals surface area contributed by atoms with Crippen LogP contribution in [0.4, 0.5) is 5.69 Å². The van der Waals surface area contributed by atoms with Gasteiger partial charge < -0.3 is 15.8 Å². The molecule has 0 aliphatic rings. The van der Waals surface area contributed by atoms with Gasteiger partial charge in [-0.3, -0.25) is 4.79 Å². The molecule has 0 atom stereocenters. The van der Waals surface area contributed by atoms with Gasteiger partial charge in [0.25, 0.3) is 0 Å². The van der Waals surface area contributed by atoms with Crippen molar-refractivity contribution in [1.82, 2.24) is 0 Å². The number of hydrogen-bond donors (Lipinski definition) is 2. The highest BCUT2D eigenvalue weighted by molar-refractivity contribution is 7.80. The lowest BCUT2D eigenvalue weighted by Crippen LogP contribution is -2.21. The molecule has 0 aromatic heterocycles. The summed E-state index contributed by atoms with van der Waals surface area (Å²) in [6, 6.07) is 7.25. The molecule has 0 spiro atoms. The zero-order valence-corrected chi connectivity index (χ0v) is 13.0. The number of amides is 1. The zero-order chi connectivity index (χ0) is 15.2. The first-order valence-electron chi connectivity index (χ1n) is 6.62. The lowest BCUT2D eigenvalue weighted by molar-refractivity contribution is -0.116. The van der Waals surface area contributed by atoms with E-state index in [1.807, 2.05) is 32.9 Å². The van der Waals surface area contributed by atoms with Crippen molar-refractivity contribution in [2.24, 2.45) is 5.73 Å². The maximum absolute atomic E-state index is 11.9. The zero-order valence-electron chi connectivity index (χ0n) is 12.2. The van der Waals surface area contributed by atoms with Gasteiger partial charge in [0.05, 0.1) is 11.3 Å². The van der Waals surface area contributed by atoms with Gasteiger partial charge in [0.15, 0.2) is 0 Å². The molecule has 20 heavy (non-hydrogen) atoms. The first-order chi connectivity index (χ1) is 9.29. The fraction of sp³-hybridized carbons (Fsp3) is 0.467. The van der Waals surface area contributed by atoms with Gasteiger partial charge >= 0.3 is 0 Å². The Bertz CT molecular complexity index is 481. The normalized spacial score (nSPS) is 11.2. The van der Waals surface area contributed by atoms with E-state index in [0.29, 0.717) is 30.7 Å². The first-order valence-corrected chi connectivity index (χ1v) is 7.03. The SMILES string of the molecule is CC(C)(C)OCCCC(=O)Nc1ccccc1C(N)=S. The summed E-state index contributed by atoms with van der Waals surface area (Å²) in [4.78, 5) is 12.1. The fourth-order valence-corrected chi connectivity index (χ4v) is 1.81. The van der Waals surface area contributed by atoms with Gasteiger partial charge in [-0.1, -0.05) is 24.4 Å². The monoisotopic (exact) mass is 294 g/mol. The number of ether oxygens (including phenoxy) is 1. The van der Waals surface area contributed by atoms with E-state index in [4.69, 9.17) is 22.7 Å². The van der Waals surface area contributed by atoms with Crippen molar-refractivity contribution in [3.63, 3.8) is 0 Å². The van der Waals surface area contributed by atoms with E-state index in [9.17, 15) is 4.79 Å². The average Bonchev–Trinajstić information content (AvgIpc) is 2.34. The van der Waals surface area contributed by atoms with Crippen molar-refractivity contribution in [1.29, 1.82) is 0 Å². The van der Waals surface area contributed by atoms with Crippen LogP contribution in [0.15, 0.2) is 24.3 Å². The van der Waals surface area contributed by atoms with Gasteiger partial charge in [0.1, 0.15) is 4.99 Å². The number of nitrogens with two attached hydrogens (primary N) is 1. The molecule has 1 rings (SSSR count). The minimum absolute atomic E-state index is 0.0637. The molecule has 3 N–H and O–H groups in total. The summed E-state index contributed by atoms with van der Waals surface area (Å²) in [5, 5.41) is 2.83. The Kier molecular flexibility index (Phi) is 6.10. The molecule has 110 valence electrons. The Morgan fingerprint density at radius 3 is 2.60 bits per heavy atom. The molecule has 4 nitrogen and oxygen atoms in total. The summed E-state index contributed by atoms with van der Waals surface area (Å²) < 4.78 is 5.57. The molecule has 0 aliphatic heterocycles. The van der Waals surface area contributed by atoms with Crippen molar-refractivity contribution in [3.05, 3.63) is 29.8 Å². The van der Waals surface area contributed by atoms with E-state index < -0.39 is 0 Å². The second kappa shape index (κ2) is 7.36. The molecule has 1 aromatic carbocycles. The Labute approximate surface area is 125 Å². The Morgan fingerprint density at radius 1 is 1.35 bits per heavy atom. The number of anilines is 1. The molecule has 0 bridgehead atoms. The fourth-order valence-electron chi connectivity index (χ4n) is 1.63. The number of para-hydroxylation sites is 1. The lowest BCUT2D eigenvalue weighted by atomic mass is 10.1. The van der Waals surface area contributed by atoms with Crippen molar-refractivity contribution in [2.75, 3.05) is 11.9 Å².